The van der Waals surface area contributed by atoms with Crippen LogP contribution in [0.3, 0.4) is 0 Å². The first kappa shape index (κ1) is 26.0. The molecule has 0 bridgehead atoms. The summed E-state index contributed by atoms with van der Waals surface area (Å²) in [4.78, 5) is 56.9. The second-order valence-corrected chi connectivity index (χ2v) is 10.4. The lowest BCUT2D eigenvalue weighted by atomic mass is 9.92. The number of carbonyl (C=O) groups excluding carboxylic acids is 4. The number of rotatable bonds is 9. The van der Waals surface area contributed by atoms with Crippen LogP contribution in [-0.2, 0) is 14.4 Å². The van der Waals surface area contributed by atoms with Gasteiger partial charge in [-0.15, -0.1) is 0 Å². The minimum absolute atomic E-state index is 0.0161. The van der Waals surface area contributed by atoms with Crippen LogP contribution in [-0.4, -0.2) is 84.5 Å². The van der Waals surface area contributed by atoms with E-state index in [2.05, 4.69) is 15.6 Å². The fourth-order valence-corrected chi connectivity index (χ4v) is 6.44. The number of carbonyl (C=O) groups is 4. The van der Waals surface area contributed by atoms with Crippen LogP contribution in [0.2, 0.25) is 0 Å². The second kappa shape index (κ2) is 10.6. The van der Waals surface area contributed by atoms with Gasteiger partial charge in [0.2, 0.25) is 11.8 Å². The summed E-state index contributed by atoms with van der Waals surface area (Å²) < 4.78 is 10.9. The van der Waals surface area contributed by atoms with E-state index in [0.717, 1.165) is 19.3 Å². The molecule has 204 valence electrons. The standard InChI is InChI=1S/C27H34N4O7/c1-37-22-7-6-18-17(24(22)38-2)11-20(29-18)27(36)31-12-15-4-3-5-16(15)23(31)26(35)30-19(21(33)13-32)10-14-8-9-28-25(14)34/h6-7,11,14-16,19,23,29,32H,3-5,8-10,12-13H2,1-2H3,(H,28,34)(H,30,35)/t14-,15-,16-,19?,23-/m0/s1. The third kappa shape index (κ3) is 4.59. The Hall–Kier alpha value is -3.60. The van der Waals surface area contributed by atoms with Crippen molar-refractivity contribution in [2.75, 3.05) is 33.9 Å². The zero-order chi connectivity index (χ0) is 27.0. The van der Waals surface area contributed by atoms with Gasteiger partial charge in [0.15, 0.2) is 17.3 Å². The average Bonchev–Trinajstić information content (AvgIpc) is 3.70. The molecule has 5 atom stereocenters. The Balaban J connectivity index is 1.41. The zero-order valence-electron chi connectivity index (χ0n) is 21.6. The molecule has 4 N–H and O–H groups in total. The van der Waals surface area contributed by atoms with Crippen molar-refractivity contribution in [2.45, 2.75) is 44.2 Å². The highest BCUT2D eigenvalue weighted by molar-refractivity contribution is 6.03. The van der Waals surface area contributed by atoms with Crippen molar-refractivity contribution >= 4 is 34.4 Å². The molecule has 1 unspecified atom stereocenters. The molecule has 2 aliphatic heterocycles. The number of hydrogen-bond acceptors (Lipinski definition) is 7. The Morgan fingerprint density at radius 1 is 1.18 bits per heavy atom. The Morgan fingerprint density at radius 3 is 2.68 bits per heavy atom. The van der Waals surface area contributed by atoms with Crippen molar-refractivity contribution in [3.63, 3.8) is 0 Å². The number of likely N-dealkylation sites (tertiary alicyclic amines) is 1. The number of H-pyrrole nitrogens is 1. The van der Waals surface area contributed by atoms with Gasteiger partial charge in [-0.1, -0.05) is 6.42 Å². The van der Waals surface area contributed by atoms with Crippen LogP contribution in [0.1, 0.15) is 42.6 Å². The highest BCUT2D eigenvalue weighted by Gasteiger charge is 2.50. The fraction of sp³-hybridized carbons (Fsp3) is 0.556. The van der Waals surface area contributed by atoms with Gasteiger partial charge in [-0.05, 0) is 55.7 Å². The number of aromatic nitrogens is 1. The van der Waals surface area contributed by atoms with Crippen molar-refractivity contribution in [3.8, 4) is 11.5 Å². The van der Waals surface area contributed by atoms with Gasteiger partial charge >= 0.3 is 0 Å². The van der Waals surface area contributed by atoms with Crippen molar-refractivity contribution < 1.29 is 33.8 Å². The molecule has 1 aliphatic carbocycles. The average molecular weight is 527 g/mol. The van der Waals surface area contributed by atoms with Gasteiger partial charge in [0.1, 0.15) is 18.3 Å². The molecule has 1 aromatic carbocycles. The van der Waals surface area contributed by atoms with E-state index in [1.165, 1.54) is 7.11 Å². The number of hydrogen-bond donors (Lipinski definition) is 4. The first-order valence-corrected chi connectivity index (χ1v) is 13.1. The van der Waals surface area contributed by atoms with E-state index < -0.39 is 36.3 Å². The number of Topliss-reactive ketones (excluding diaryl/α,β-unsaturated/α-hetero) is 1. The predicted octanol–water partition coefficient (Wildman–Crippen LogP) is 0.998. The summed E-state index contributed by atoms with van der Waals surface area (Å²) in [5, 5.41) is 15.8. The maximum atomic E-state index is 13.8. The lowest BCUT2D eigenvalue weighted by Gasteiger charge is -2.29. The number of benzene rings is 1. The molecule has 0 radical (unpaired) electrons. The minimum atomic E-state index is -0.997. The van der Waals surface area contributed by atoms with E-state index in [4.69, 9.17) is 9.47 Å². The molecule has 5 rings (SSSR count). The number of ketones is 1. The third-order valence-electron chi connectivity index (χ3n) is 8.34. The summed E-state index contributed by atoms with van der Waals surface area (Å²) in [5.74, 6) is -0.613. The molecule has 3 aliphatic rings. The Morgan fingerprint density at radius 2 is 2.00 bits per heavy atom. The van der Waals surface area contributed by atoms with Crippen molar-refractivity contribution in [1.29, 1.82) is 0 Å². The van der Waals surface area contributed by atoms with Crippen LogP contribution < -0.4 is 20.1 Å². The van der Waals surface area contributed by atoms with Crippen molar-refractivity contribution in [1.82, 2.24) is 20.5 Å². The third-order valence-corrected chi connectivity index (χ3v) is 8.34. The van der Waals surface area contributed by atoms with Crippen LogP contribution >= 0.6 is 0 Å². The minimum Gasteiger partial charge on any atom is -0.493 e. The number of aliphatic hydroxyl groups is 1. The number of fused-ring (bicyclic) bond motifs is 2. The summed E-state index contributed by atoms with van der Waals surface area (Å²) in [6.07, 6.45) is 3.41. The normalized spacial score (nSPS) is 25.2. The quantitative estimate of drug-likeness (QED) is 0.381. The predicted molar refractivity (Wildman–Crippen MR) is 137 cm³/mol. The van der Waals surface area contributed by atoms with Crippen LogP contribution in [0.15, 0.2) is 18.2 Å². The van der Waals surface area contributed by atoms with Gasteiger partial charge in [-0.2, -0.15) is 0 Å². The first-order chi connectivity index (χ1) is 18.4. The number of nitrogens with zero attached hydrogens (tertiary/aromatic N) is 1. The van der Waals surface area contributed by atoms with E-state index in [0.29, 0.717) is 47.6 Å². The Kier molecular flexibility index (Phi) is 7.29. The summed E-state index contributed by atoms with van der Waals surface area (Å²) >= 11 is 0. The zero-order valence-corrected chi connectivity index (χ0v) is 21.6. The molecule has 1 aromatic heterocycles. The SMILES string of the molecule is COc1ccc2[nH]c(C(=O)N3C[C@@H]4CCC[C@@H]4[C@H]3C(=O)NC(C[C@@H]3CCNC3=O)C(=O)CO)cc2c1OC. The largest absolute Gasteiger partial charge is 0.493 e. The lowest BCUT2D eigenvalue weighted by molar-refractivity contribution is -0.133. The number of aliphatic hydroxyl groups excluding tert-OH is 1. The molecular formula is C27H34N4O7. The summed E-state index contributed by atoms with van der Waals surface area (Å²) in [7, 11) is 3.08. The van der Waals surface area contributed by atoms with E-state index in [-0.39, 0.29) is 30.1 Å². The number of nitrogens with one attached hydrogen (secondary N) is 3. The monoisotopic (exact) mass is 526 g/mol. The molecule has 3 fully saturated rings. The maximum Gasteiger partial charge on any atom is 0.271 e. The van der Waals surface area contributed by atoms with Crippen LogP contribution in [0.25, 0.3) is 10.9 Å². The van der Waals surface area contributed by atoms with Gasteiger partial charge in [0.05, 0.1) is 25.8 Å². The number of ether oxygens (including phenoxy) is 2. The van der Waals surface area contributed by atoms with Crippen molar-refractivity contribution in [2.24, 2.45) is 17.8 Å². The topological polar surface area (TPSA) is 150 Å². The smallest absolute Gasteiger partial charge is 0.271 e. The van der Waals surface area contributed by atoms with Gasteiger partial charge in [0.25, 0.3) is 5.91 Å². The summed E-state index contributed by atoms with van der Waals surface area (Å²) in [6, 6.07) is 3.53. The maximum absolute atomic E-state index is 13.8. The molecule has 11 nitrogen and oxygen atoms in total. The molecule has 1 saturated carbocycles. The van der Waals surface area contributed by atoms with Crippen LogP contribution in [0, 0.1) is 17.8 Å². The molecule has 0 spiro atoms. The number of methoxy groups -OCH3 is 2. The molecule has 2 saturated heterocycles. The van der Waals surface area contributed by atoms with E-state index in [1.54, 1.807) is 30.2 Å². The van der Waals surface area contributed by atoms with Gasteiger partial charge in [0, 0.05) is 24.4 Å². The first-order valence-electron chi connectivity index (χ1n) is 13.1. The fourth-order valence-electron chi connectivity index (χ4n) is 6.44. The number of amides is 3. The molecular weight excluding hydrogens is 492 g/mol. The second-order valence-electron chi connectivity index (χ2n) is 10.4. The van der Waals surface area contributed by atoms with E-state index >= 15 is 0 Å². The van der Waals surface area contributed by atoms with E-state index in [9.17, 15) is 24.3 Å². The van der Waals surface area contributed by atoms with Crippen LogP contribution in [0.5, 0.6) is 11.5 Å². The molecule has 11 heteroatoms. The molecule has 38 heavy (non-hydrogen) atoms. The molecule has 3 amide bonds. The molecule has 3 heterocycles. The highest BCUT2D eigenvalue weighted by atomic mass is 16.5. The lowest BCUT2D eigenvalue weighted by Crippen LogP contribution is -2.53. The van der Waals surface area contributed by atoms with Gasteiger partial charge in [-0.3, -0.25) is 19.2 Å². The Bertz CT molecular complexity index is 1260. The van der Waals surface area contributed by atoms with Gasteiger partial charge < -0.3 is 35.1 Å². The van der Waals surface area contributed by atoms with Crippen molar-refractivity contribution in [3.05, 3.63) is 23.9 Å². The summed E-state index contributed by atoms with van der Waals surface area (Å²) in [5.41, 5.74) is 1.03. The summed E-state index contributed by atoms with van der Waals surface area (Å²) in [6.45, 7) is 0.230. The highest BCUT2D eigenvalue weighted by Crippen LogP contribution is 2.43. The van der Waals surface area contributed by atoms with E-state index in [1.807, 2.05) is 0 Å². The Labute approximate surface area is 220 Å². The van der Waals surface area contributed by atoms with Gasteiger partial charge in [-0.25, -0.2) is 0 Å². The number of aromatic amines is 1. The molecule has 2 aromatic rings. The van der Waals surface area contributed by atoms with Crippen LogP contribution in [0.4, 0.5) is 0 Å².